The Kier molecular flexibility index (Phi) is 3.28. The Morgan fingerprint density at radius 3 is 2.33 bits per heavy atom. The highest BCUT2D eigenvalue weighted by Crippen LogP contribution is 2.37. The van der Waals surface area contributed by atoms with E-state index >= 15 is 0 Å². The van der Waals surface area contributed by atoms with Gasteiger partial charge >= 0.3 is 5.97 Å². The largest absolute Gasteiger partial charge is 0.479 e. The van der Waals surface area contributed by atoms with Crippen LogP contribution in [-0.2, 0) is 14.0 Å². The summed E-state index contributed by atoms with van der Waals surface area (Å²) in [5, 5.41) is 8.80. The molecule has 0 spiro atoms. The normalized spacial score (nSPS) is 26.5. The Bertz CT molecular complexity index is 257. The third-order valence-electron chi connectivity index (χ3n) is 3.24. The summed E-state index contributed by atoms with van der Waals surface area (Å²) in [4.78, 5) is 10.5. The van der Waals surface area contributed by atoms with Gasteiger partial charge in [-0.15, -0.1) is 0 Å². The summed E-state index contributed by atoms with van der Waals surface area (Å²) in [5.74, 6) is -0.890. The van der Waals surface area contributed by atoms with E-state index in [1.165, 1.54) is 0 Å². The van der Waals surface area contributed by atoms with Crippen LogP contribution in [0.5, 0.6) is 0 Å². The Balaban J connectivity index is 2.36. The fourth-order valence-electron chi connectivity index (χ4n) is 0.994. The summed E-state index contributed by atoms with van der Waals surface area (Å²) in [7, 11) is -1.76. The van der Waals surface area contributed by atoms with Crippen LogP contribution in [-0.4, -0.2) is 38.2 Å². The molecule has 0 radical (unpaired) electrons. The molecule has 15 heavy (non-hydrogen) atoms. The summed E-state index contributed by atoms with van der Waals surface area (Å²) in [6.07, 6.45) is -0.883. The zero-order valence-corrected chi connectivity index (χ0v) is 11.0. The number of carbonyl (C=O) groups is 1. The van der Waals surface area contributed by atoms with Crippen LogP contribution < -0.4 is 0 Å². The molecule has 1 aliphatic rings. The van der Waals surface area contributed by atoms with Gasteiger partial charge in [0.2, 0.25) is 0 Å². The Labute approximate surface area is 91.7 Å². The van der Waals surface area contributed by atoms with E-state index in [1.54, 1.807) is 0 Å². The molecule has 2 atom stereocenters. The topological polar surface area (TPSA) is 59.1 Å². The summed E-state index contributed by atoms with van der Waals surface area (Å²) in [6.45, 7) is 11.2. The molecule has 0 unspecified atom stereocenters. The number of carboxylic acid groups (broad SMARTS) is 1. The molecule has 5 heteroatoms. The molecule has 1 N–H and O–H groups in total. The Hall–Kier alpha value is -0.393. The van der Waals surface area contributed by atoms with Gasteiger partial charge in [0, 0.05) is 0 Å². The molecule has 1 aliphatic heterocycles. The van der Waals surface area contributed by atoms with Crippen LogP contribution in [0.15, 0.2) is 0 Å². The van der Waals surface area contributed by atoms with Gasteiger partial charge in [0.1, 0.15) is 6.10 Å². The standard InChI is InChI=1S/C10H20O4Si/c1-10(2,3)15(4,5)13-6-7-8(14-7)9(11)12/h7-8H,6H2,1-5H3,(H,11,12)/t7-,8-/m1/s1. The fourth-order valence-corrected chi connectivity index (χ4v) is 2.01. The first-order chi connectivity index (χ1) is 6.65. The molecule has 1 rings (SSSR count). The summed E-state index contributed by atoms with van der Waals surface area (Å²) in [5.41, 5.74) is 0. The number of hydrogen-bond acceptors (Lipinski definition) is 3. The molecule has 1 heterocycles. The summed E-state index contributed by atoms with van der Waals surface area (Å²) in [6, 6.07) is 0. The molecule has 0 amide bonds. The van der Waals surface area contributed by atoms with E-state index < -0.39 is 20.4 Å². The zero-order valence-electron chi connectivity index (χ0n) is 10.0. The lowest BCUT2D eigenvalue weighted by molar-refractivity contribution is -0.138. The van der Waals surface area contributed by atoms with Gasteiger partial charge in [-0.3, -0.25) is 0 Å². The molecule has 0 bridgehead atoms. The third-order valence-corrected chi connectivity index (χ3v) is 7.74. The molecule has 0 aromatic rings. The van der Waals surface area contributed by atoms with Gasteiger partial charge in [0.05, 0.1) is 6.61 Å². The molecule has 0 saturated carbocycles. The lowest BCUT2D eigenvalue weighted by Gasteiger charge is -2.35. The van der Waals surface area contributed by atoms with Crippen LogP contribution in [0.3, 0.4) is 0 Å². The Morgan fingerprint density at radius 2 is 2.00 bits per heavy atom. The maximum absolute atomic E-state index is 10.5. The molecular formula is C10H20O4Si. The number of epoxide rings is 1. The first-order valence-corrected chi connectivity index (χ1v) is 8.08. The summed E-state index contributed by atoms with van der Waals surface area (Å²) < 4.78 is 10.8. The minimum absolute atomic E-state index is 0.153. The van der Waals surface area contributed by atoms with E-state index in [0.717, 1.165) is 0 Å². The van der Waals surface area contributed by atoms with E-state index in [-0.39, 0.29) is 11.1 Å². The van der Waals surface area contributed by atoms with Crippen molar-refractivity contribution in [1.29, 1.82) is 0 Å². The van der Waals surface area contributed by atoms with Crippen molar-refractivity contribution in [3.8, 4) is 0 Å². The molecule has 0 aromatic carbocycles. The van der Waals surface area contributed by atoms with Gasteiger partial charge in [-0.05, 0) is 18.1 Å². The first kappa shape index (κ1) is 12.7. The average Bonchev–Trinajstić information content (AvgIpc) is 2.77. The van der Waals surface area contributed by atoms with Gasteiger partial charge in [0.25, 0.3) is 0 Å². The minimum Gasteiger partial charge on any atom is -0.479 e. The second-order valence-corrected chi connectivity index (χ2v) is 10.3. The van der Waals surface area contributed by atoms with Crippen molar-refractivity contribution in [2.45, 2.75) is 51.1 Å². The fraction of sp³-hybridized carbons (Fsp3) is 0.900. The second-order valence-electron chi connectivity index (χ2n) is 5.50. The number of hydrogen-bond donors (Lipinski definition) is 1. The van der Waals surface area contributed by atoms with Gasteiger partial charge in [-0.25, -0.2) is 4.79 Å². The third kappa shape index (κ3) is 3.03. The maximum atomic E-state index is 10.5. The van der Waals surface area contributed by atoms with Crippen molar-refractivity contribution >= 4 is 14.3 Å². The van der Waals surface area contributed by atoms with Crippen LogP contribution >= 0.6 is 0 Å². The van der Waals surface area contributed by atoms with Crippen LogP contribution in [0.4, 0.5) is 0 Å². The van der Waals surface area contributed by atoms with Crippen molar-refractivity contribution in [2.24, 2.45) is 0 Å². The molecule has 1 saturated heterocycles. The van der Waals surface area contributed by atoms with Gasteiger partial charge in [-0.1, -0.05) is 20.8 Å². The molecule has 88 valence electrons. The van der Waals surface area contributed by atoms with E-state index in [2.05, 4.69) is 33.9 Å². The van der Waals surface area contributed by atoms with Gasteiger partial charge in [0.15, 0.2) is 14.4 Å². The van der Waals surface area contributed by atoms with Gasteiger partial charge in [-0.2, -0.15) is 0 Å². The first-order valence-electron chi connectivity index (χ1n) is 5.17. The quantitative estimate of drug-likeness (QED) is 0.593. The Morgan fingerprint density at radius 1 is 1.47 bits per heavy atom. The second kappa shape index (κ2) is 3.88. The zero-order chi connectivity index (χ0) is 11.9. The van der Waals surface area contributed by atoms with Crippen molar-refractivity contribution in [2.75, 3.05) is 6.61 Å². The maximum Gasteiger partial charge on any atom is 0.335 e. The van der Waals surface area contributed by atoms with E-state index in [4.69, 9.17) is 14.3 Å². The van der Waals surface area contributed by atoms with Crippen LogP contribution in [0.2, 0.25) is 18.1 Å². The average molecular weight is 232 g/mol. The number of rotatable bonds is 4. The van der Waals surface area contributed by atoms with Crippen molar-refractivity contribution < 1.29 is 19.1 Å². The minimum atomic E-state index is -1.76. The molecule has 0 aliphatic carbocycles. The predicted octanol–water partition coefficient (Wildman–Crippen LogP) is 1.86. The monoisotopic (exact) mass is 232 g/mol. The lowest BCUT2D eigenvalue weighted by Crippen LogP contribution is -2.41. The highest BCUT2D eigenvalue weighted by atomic mass is 28.4. The predicted molar refractivity (Wildman–Crippen MR) is 59.4 cm³/mol. The van der Waals surface area contributed by atoms with E-state index in [9.17, 15) is 4.79 Å². The lowest BCUT2D eigenvalue weighted by atomic mass is 10.2. The van der Waals surface area contributed by atoms with Crippen molar-refractivity contribution in [3.63, 3.8) is 0 Å². The highest BCUT2D eigenvalue weighted by molar-refractivity contribution is 6.74. The number of aliphatic carboxylic acids is 1. The van der Waals surface area contributed by atoms with Crippen molar-refractivity contribution in [1.82, 2.24) is 0 Å². The smallest absolute Gasteiger partial charge is 0.335 e. The molecular weight excluding hydrogens is 212 g/mol. The number of ether oxygens (including phenoxy) is 1. The number of carboxylic acids is 1. The van der Waals surface area contributed by atoms with Gasteiger partial charge < -0.3 is 14.3 Å². The van der Waals surface area contributed by atoms with E-state index in [0.29, 0.717) is 6.61 Å². The summed E-state index contributed by atoms with van der Waals surface area (Å²) >= 11 is 0. The SMILES string of the molecule is CC(C)(C)[Si](C)(C)OC[C@H]1O[C@H]1C(=O)O. The molecule has 1 fully saturated rings. The van der Waals surface area contributed by atoms with Crippen molar-refractivity contribution in [3.05, 3.63) is 0 Å². The van der Waals surface area contributed by atoms with E-state index in [1.807, 2.05) is 0 Å². The molecule has 0 aromatic heterocycles. The molecule has 4 nitrogen and oxygen atoms in total. The van der Waals surface area contributed by atoms with Crippen LogP contribution in [0, 0.1) is 0 Å². The van der Waals surface area contributed by atoms with Crippen LogP contribution in [0.25, 0.3) is 0 Å². The van der Waals surface area contributed by atoms with Crippen LogP contribution in [0.1, 0.15) is 20.8 Å². The highest BCUT2D eigenvalue weighted by Gasteiger charge is 2.47.